The summed E-state index contributed by atoms with van der Waals surface area (Å²) in [4.78, 5) is 85.3. The van der Waals surface area contributed by atoms with E-state index in [0.29, 0.717) is 0 Å². The fourth-order valence-electron chi connectivity index (χ4n) is 3.92. The van der Waals surface area contributed by atoms with Crippen LogP contribution in [0.1, 0.15) is 47.5 Å². The minimum Gasteiger partial charge on any atom is -0.464 e. The minimum absolute atomic E-state index is 0.0726. The number of halogens is 1. The highest BCUT2D eigenvalue weighted by atomic mass is 19.1. The predicted molar refractivity (Wildman–Crippen MR) is 130 cm³/mol. The van der Waals surface area contributed by atoms with Crippen LogP contribution in [0.2, 0.25) is 0 Å². The maximum absolute atomic E-state index is 16.2. The van der Waals surface area contributed by atoms with E-state index >= 15 is 4.39 Å². The molecule has 0 radical (unpaired) electrons. The molecule has 7 atom stereocenters. The van der Waals surface area contributed by atoms with Crippen molar-refractivity contribution in [3.63, 3.8) is 0 Å². The number of terminal acetylenes is 1. The summed E-state index contributed by atoms with van der Waals surface area (Å²) in [5, 5.41) is 2.36. The molecule has 1 rings (SSSR count). The number of amides is 1. The van der Waals surface area contributed by atoms with Crippen molar-refractivity contribution in [1.29, 1.82) is 0 Å². The fraction of sp³-hybridized carbons (Fsp3) is 0.640. The van der Waals surface area contributed by atoms with E-state index in [1.54, 1.807) is 0 Å². The second-order valence-corrected chi connectivity index (χ2v) is 8.63. The van der Waals surface area contributed by atoms with Crippen LogP contribution in [0.25, 0.3) is 0 Å². The maximum Gasteiger partial charge on any atom is 0.383 e. The van der Waals surface area contributed by atoms with Crippen molar-refractivity contribution in [2.45, 2.75) is 89.9 Å². The van der Waals surface area contributed by atoms with Gasteiger partial charge in [-0.05, 0) is 0 Å². The zero-order valence-electron chi connectivity index (χ0n) is 23.3. The molecular weight excluding hydrogens is 557 g/mol. The summed E-state index contributed by atoms with van der Waals surface area (Å²) in [7, 11) is 0.805. The van der Waals surface area contributed by atoms with Crippen LogP contribution in [0.15, 0.2) is 0 Å². The third-order valence-electron chi connectivity index (χ3n) is 5.32. The average molecular weight is 590 g/mol. The van der Waals surface area contributed by atoms with Gasteiger partial charge in [-0.2, -0.15) is 0 Å². The second-order valence-electron chi connectivity index (χ2n) is 8.63. The molecule has 1 N–H and O–H groups in total. The van der Waals surface area contributed by atoms with E-state index in [4.69, 9.17) is 34.8 Å². The summed E-state index contributed by atoms with van der Waals surface area (Å²) >= 11 is 0. The monoisotopic (exact) mass is 589 g/mol. The van der Waals surface area contributed by atoms with Gasteiger partial charge in [0.25, 0.3) is 0 Å². The van der Waals surface area contributed by atoms with Gasteiger partial charge >= 0.3 is 41.6 Å². The first-order valence-corrected chi connectivity index (χ1v) is 12.1. The molecule has 0 spiro atoms. The van der Waals surface area contributed by atoms with Crippen molar-refractivity contribution in [2.24, 2.45) is 0 Å². The van der Waals surface area contributed by atoms with Gasteiger partial charge in [0.15, 0.2) is 18.3 Å². The molecule has 1 amide bonds. The van der Waals surface area contributed by atoms with E-state index < -0.39 is 90.7 Å². The Morgan fingerprint density at radius 3 is 2.02 bits per heavy atom. The molecule has 0 aromatic rings. The fourth-order valence-corrected chi connectivity index (χ4v) is 3.92. The van der Waals surface area contributed by atoms with E-state index in [0.717, 1.165) is 41.7 Å². The molecule has 15 nitrogen and oxygen atoms in total. The third-order valence-corrected chi connectivity index (χ3v) is 5.32. The number of carbonyl (C=O) groups is 7. The lowest BCUT2D eigenvalue weighted by Gasteiger charge is -2.49. The van der Waals surface area contributed by atoms with E-state index in [9.17, 15) is 33.6 Å². The molecular formula is C25H32FNO14. The zero-order valence-corrected chi connectivity index (χ0v) is 23.3. The van der Waals surface area contributed by atoms with Crippen molar-refractivity contribution in [1.82, 2.24) is 5.32 Å². The normalized spacial score (nSPS) is 24.7. The first-order chi connectivity index (χ1) is 19.1. The molecule has 1 saturated heterocycles. The molecule has 0 saturated carbocycles. The largest absolute Gasteiger partial charge is 0.464 e. The highest BCUT2D eigenvalue weighted by molar-refractivity contribution is 5.83. The van der Waals surface area contributed by atoms with Crippen LogP contribution in [-0.4, -0.2) is 97.9 Å². The van der Waals surface area contributed by atoms with Crippen LogP contribution in [0.3, 0.4) is 0 Å². The van der Waals surface area contributed by atoms with Gasteiger partial charge < -0.3 is 38.5 Å². The summed E-state index contributed by atoms with van der Waals surface area (Å²) in [5.74, 6) is -8.73. The standard InChI is InChI=1S/C25H32FNO14/c1-8-9-10-18(33)27-19-21(20(38-14(4)30)17(37-13(3)29)11-36-12(2)28)41-25(24(34)35-7,40-16(6)32)23(26)22(19)39-15(5)31/h1,17,19-23H,9-11H2,2-7H3,(H,27,33)/t17-,19+,20-,21-,22-,23-,25?/m1/s1. The number of rotatable bonds is 12. The Morgan fingerprint density at radius 1 is 0.951 bits per heavy atom. The van der Waals surface area contributed by atoms with Crippen LogP contribution >= 0.6 is 0 Å². The molecule has 1 fully saturated rings. The Bertz CT molecular complexity index is 1070. The first-order valence-electron chi connectivity index (χ1n) is 12.1. The minimum atomic E-state index is -3.29. The van der Waals surface area contributed by atoms with E-state index in [-0.39, 0.29) is 12.8 Å². The number of ether oxygens (including phenoxy) is 7. The van der Waals surface area contributed by atoms with Crippen molar-refractivity contribution in [2.75, 3.05) is 13.7 Å². The lowest BCUT2D eigenvalue weighted by molar-refractivity contribution is -0.326. The van der Waals surface area contributed by atoms with Gasteiger partial charge in [-0.3, -0.25) is 28.8 Å². The molecule has 1 aliphatic heterocycles. The lowest BCUT2D eigenvalue weighted by Crippen LogP contribution is -2.74. The van der Waals surface area contributed by atoms with Gasteiger partial charge in [0, 0.05) is 47.5 Å². The number of nitrogens with one attached hydrogen (secondary N) is 1. The highest BCUT2D eigenvalue weighted by Crippen LogP contribution is 2.39. The molecule has 0 aliphatic carbocycles. The van der Waals surface area contributed by atoms with Crippen LogP contribution in [0.5, 0.6) is 0 Å². The Labute approximate surface area is 234 Å². The molecule has 0 aromatic heterocycles. The Balaban J connectivity index is 3.98. The van der Waals surface area contributed by atoms with Gasteiger partial charge in [0.1, 0.15) is 12.7 Å². The molecule has 1 heterocycles. The number of methoxy groups -OCH3 is 1. The lowest BCUT2D eigenvalue weighted by atomic mass is 9.86. The number of hydrogen-bond donors (Lipinski definition) is 1. The Morgan fingerprint density at radius 2 is 1.56 bits per heavy atom. The quantitative estimate of drug-likeness (QED) is 0.172. The topological polar surface area (TPSA) is 196 Å². The van der Waals surface area contributed by atoms with Crippen molar-refractivity contribution < 1.29 is 71.1 Å². The van der Waals surface area contributed by atoms with Gasteiger partial charge in [-0.15, -0.1) is 12.3 Å². The van der Waals surface area contributed by atoms with E-state index in [2.05, 4.69) is 16.0 Å². The summed E-state index contributed by atoms with van der Waals surface area (Å²) in [6.07, 6.45) is -5.81. The number of esters is 6. The Kier molecular flexibility index (Phi) is 13.1. The average Bonchev–Trinajstić information content (AvgIpc) is 2.86. The van der Waals surface area contributed by atoms with Crippen molar-refractivity contribution >= 4 is 41.7 Å². The predicted octanol–water partition coefficient (Wildman–Crippen LogP) is -0.588. The van der Waals surface area contributed by atoms with Gasteiger partial charge in [-0.1, -0.05) is 0 Å². The summed E-state index contributed by atoms with van der Waals surface area (Å²) in [5.41, 5.74) is 0. The van der Waals surface area contributed by atoms with E-state index in [1.807, 2.05) is 0 Å². The maximum atomic E-state index is 16.2. The zero-order chi connectivity index (χ0) is 31.5. The second kappa shape index (κ2) is 15.5. The smallest absolute Gasteiger partial charge is 0.383 e. The number of hydrogen-bond acceptors (Lipinski definition) is 14. The van der Waals surface area contributed by atoms with Crippen LogP contribution in [0, 0.1) is 12.3 Å². The molecule has 41 heavy (non-hydrogen) atoms. The van der Waals surface area contributed by atoms with Crippen LogP contribution < -0.4 is 5.32 Å². The summed E-state index contributed by atoms with van der Waals surface area (Å²) in [6, 6.07) is -1.81. The molecule has 228 valence electrons. The third kappa shape index (κ3) is 9.71. The number of alkyl halides is 1. The van der Waals surface area contributed by atoms with Gasteiger partial charge in [-0.25, -0.2) is 9.18 Å². The van der Waals surface area contributed by atoms with Crippen LogP contribution in [-0.2, 0) is 66.7 Å². The molecule has 16 heteroatoms. The summed E-state index contributed by atoms with van der Waals surface area (Å²) < 4.78 is 51.9. The molecule has 0 aromatic carbocycles. The number of carbonyl (C=O) groups excluding carboxylic acids is 7. The molecule has 1 unspecified atom stereocenters. The van der Waals surface area contributed by atoms with Crippen molar-refractivity contribution in [3.8, 4) is 12.3 Å². The Hall–Kier alpha value is -4.26. The summed E-state index contributed by atoms with van der Waals surface area (Å²) in [6.45, 7) is 3.82. The van der Waals surface area contributed by atoms with Crippen LogP contribution in [0.4, 0.5) is 4.39 Å². The van der Waals surface area contributed by atoms with E-state index in [1.165, 1.54) is 0 Å². The SMILES string of the molecule is C#CCCC(=O)N[C@H]1[C@H]([C@H](OC(C)=O)[C@@H](COC(C)=O)OC(C)=O)OC(OC(C)=O)(C(=O)OC)[C@H](F)[C@@H]1OC(C)=O. The first kappa shape index (κ1) is 34.8. The molecule has 0 bridgehead atoms. The highest BCUT2D eigenvalue weighted by Gasteiger charge is 2.67. The van der Waals surface area contributed by atoms with Gasteiger partial charge in [0.05, 0.1) is 13.2 Å². The van der Waals surface area contributed by atoms with Gasteiger partial charge in [0.2, 0.25) is 12.1 Å². The molecule has 1 aliphatic rings. The van der Waals surface area contributed by atoms with Crippen molar-refractivity contribution in [3.05, 3.63) is 0 Å².